The predicted octanol–water partition coefficient (Wildman–Crippen LogP) is 0.370. The zero-order chi connectivity index (χ0) is 10.7. The van der Waals surface area contributed by atoms with Crippen LogP contribution in [0, 0.1) is 0 Å². The molecule has 0 aromatic rings. The molecule has 1 N–H and O–H groups in total. The number of hydrogen-bond acceptors (Lipinski definition) is 3. The fourth-order valence-corrected chi connectivity index (χ4v) is 1.43. The van der Waals surface area contributed by atoms with Crippen molar-refractivity contribution in [3.63, 3.8) is 0 Å². The fourth-order valence-electron chi connectivity index (χ4n) is 1.07. The van der Waals surface area contributed by atoms with Gasteiger partial charge in [0.2, 0.25) is 0 Å². The second kappa shape index (κ2) is 6.05. The maximum atomic E-state index is 10.3. The maximum Gasteiger partial charge on any atom is 0.265 e. The van der Waals surface area contributed by atoms with Gasteiger partial charge in [-0.2, -0.15) is 0 Å². The summed E-state index contributed by atoms with van der Waals surface area (Å²) < 4.78 is 15.3. The molecule has 0 aliphatic carbocycles. The van der Waals surface area contributed by atoms with E-state index in [4.69, 9.17) is 4.89 Å². The summed E-state index contributed by atoms with van der Waals surface area (Å²) in [6, 6.07) is 0.0643. The molecule has 2 unspecified atom stereocenters. The number of quaternary nitrogens is 1. The van der Waals surface area contributed by atoms with Crippen LogP contribution in [0.25, 0.3) is 0 Å². The van der Waals surface area contributed by atoms with Crippen LogP contribution in [-0.4, -0.2) is 43.2 Å². The quantitative estimate of drug-likeness (QED) is 0.563. The van der Waals surface area contributed by atoms with E-state index in [1.807, 2.05) is 28.1 Å². The van der Waals surface area contributed by atoms with E-state index in [-0.39, 0.29) is 25.1 Å². The standard InChI is InChI=1S/C7H18NO4P.ClH/c1-5-7(8(2,3)4)6-12-13(9,10)11;/h7H,5-6H2,1-4H3,(H-,9,10,11);1H. The first kappa shape index (κ1) is 16.8. The third-order valence-corrected chi connectivity index (χ3v) is 2.47. The number of rotatable bonds is 5. The highest BCUT2D eigenvalue weighted by atomic mass is 35.5. The highest BCUT2D eigenvalue weighted by Crippen LogP contribution is 2.31. The van der Waals surface area contributed by atoms with E-state index >= 15 is 0 Å². The molecule has 88 valence electrons. The summed E-state index contributed by atoms with van der Waals surface area (Å²) in [4.78, 5) is 18.7. The van der Waals surface area contributed by atoms with Crippen LogP contribution in [0.15, 0.2) is 0 Å². The third-order valence-electron chi connectivity index (χ3n) is 2.00. The Morgan fingerprint density at radius 1 is 1.50 bits per heavy atom. The molecule has 0 aliphatic rings. The van der Waals surface area contributed by atoms with Crippen molar-refractivity contribution in [3.8, 4) is 0 Å². The van der Waals surface area contributed by atoms with Gasteiger partial charge in [-0.1, -0.05) is 6.92 Å². The van der Waals surface area contributed by atoms with Crippen molar-refractivity contribution in [1.82, 2.24) is 0 Å². The normalized spacial score (nSPS) is 18.1. The minimum atomic E-state index is -4.56. The van der Waals surface area contributed by atoms with Gasteiger partial charge in [0.25, 0.3) is 7.82 Å². The summed E-state index contributed by atoms with van der Waals surface area (Å²) in [5.74, 6) is 0. The van der Waals surface area contributed by atoms with Gasteiger partial charge in [0, 0.05) is 0 Å². The molecule has 5 nitrogen and oxygen atoms in total. The van der Waals surface area contributed by atoms with E-state index in [2.05, 4.69) is 4.52 Å². The van der Waals surface area contributed by atoms with E-state index in [1.54, 1.807) is 0 Å². The molecule has 14 heavy (non-hydrogen) atoms. The molecule has 7 heteroatoms. The largest absolute Gasteiger partial charge is 0.756 e. The molecular weight excluding hydrogens is 229 g/mol. The molecule has 0 spiro atoms. The minimum absolute atomic E-state index is 0. The smallest absolute Gasteiger partial charge is 0.265 e. The third kappa shape index (κ3) is 7.74. The van der Waals surface area contributed by atoms with Crippen LogP contribution in [0.2, 0.25) is 0 Å². The Morgan fingerprint density at radius 2 is 1.93 bits per heavy atom. The minimum Gasteiger partial charge on any atom is -0.756 e. The van der Waals surface area contributed by atoms with Gasteiger partial charge in [-0.25, -0.2) is 0 Å². The molecule has 0 aliphatic heterocycles. The van der Waals surface area contributed by atoms with Crippen molar-refractivity contribution < 1.29 is 23.4 Å². The van der Waals surface area contributed by atoms with Crippen molar-refractivity contribution in [3.05, 3.63) is 0 Å². The average Bonchev–Trinajstić information content (AvgIpc) is 1.82. The number of phosphoric ester groups is 1. The molecule has 2 atom stereocenters. The number of phosphoric acid groups is 1. The molecule has 0 rings (SSSR count). The lowest BCUT2D eigenvalue weighted by Crippen LogP contribution is -2.47. The van der Waals surface area contributed by atoms with Gasteiger partial charge in [0.05, 0.1) is 21.1 Å². The maximum absolute atomic E-state index is 10.3. The molecule has 0 heterocycles. The Labute approximate surface area is 91.3 Å². The van der Waals surface area contributed by atoms with E-state index < -0.39 is 7.82 Å². The first-order valence-corrected chi connectivity index (χ1v) is 5.66. The van der Waals surface area contributed by atoms with Gasteiger partial charge in [0.15, 0.2) is 0 Å². The van der Waals surface area contributed by atoms with Gasteiger partial charge in [-0.05, 0) is 6.42 Å². The molecule has 0 fully saturated rings. The SMILES string of the molecule is CCC(COP(=O)([O-])O)[N+](C)(C)C.Cl. The Balaban J connectivity index is 0. The lowest BCUT2D eigenvalue weighted by atomic mass is 10.2. The first-order valence-electron chi connectivity index (χ1n) is 4.16. The van der Waals surface area contributed by atoms with Gasteiger partial charge >= 0.3 is 0 Å². The highest BCUT2D eigenvalue weighted by molar-refractivity contribution is 7.44. The van der Waals surface area contributed by atoms with Crippen molar-refractivity contribution >= 4 is 20.2 Å². The van der Waals surface area contributed by atoms with Gasteiger partial charge in [0.1, 0.15) is 12.6 Å². The average molecular weight is 248 g/mol. The Morgan fingerprint density at radius 3 is 2.14 bits per heavy atom. The Bertz CT molecular complexity index is 200. The van der Waals surface area contributed by atoms with Gasteiger partial charge in [-0.3, -0.25) is 4.57 Å². The molecule has 0 aromatic heterocycles. The van der Waals surface area contributed by atoms with Crippen molar-refractivity contribution in [2.24, 2.45) is 0 Å². The summed E-state index contributed by atoms with van der Waals surface area (Å²) in [5, 5.41) is 0. The lowest BCUT2D eigenvalue weighted by Gasteiger charge is -2.34. The molecular formula is C7H19ClNO4P. The highest BCUT2D eigenvalue weighted by Gasteiger charge is 2.23. The second-order valence-electron chi connectivity index (χ2n) is 3.94. The molecule has 0 amide bonds. The van der Waals surface area contributed by atoms with Crippen molar-refractivity contribution in [1.29, 1.82) is 0 Å². The molecule has 0 bridgehead atoms. The molecule has 0 saturated heterocycles. The van der Waals surface area contributed by atoms with Crippen molar-refractivity contribution in [2.75, 3.05) is 27.7 Å². The van der Waals surface area contributed by atoms with E-state index in [1.165, 1.54) is 0 Å². The number of halogens is 1. The van der Waals surface area contributed by atoms with Crippen LogP contribution >= 0.6 is 20.2 Å². The topological polar surface area (TPSA) is 69.6 Å². The second-order valence-corrected chi connectivity index (χ2v) is 5.14. The van der Waals surface area contributed by atoms with Crippen LogP contribution in [0.3, 0.4) is 0 Å². The van der Waals surface area contributed by atoms with E-state index in [9.17, 15) is 9.46 Å². The van der Waals surface area contributed by atoms with Gasteiger partial charge in [-0.15, -0.1) is 12.4 Å². The summed E-state index contributed by atoms with van der Waals surface area (Å²) in [6.45, 7) is 1.97. The monoisotopic (exact) mass is 247 g/mol. The van der Waals surface area contributed by atoms with Crippen LogP contribution in [-0.2, 0) is 9.09 Å². The summed E-state index contributed by atoms with van der Waals surface area (Å²) in [5.41, 5.74) is 0. The number of hydrogen-bond donors (Lipinski definition) is 1. The number of likely N-dealkylation sites (N-methyl/N-ethyl adjacent to an activating group) is 1. The van der Waals surface area contributed by atoms with E-state index in [0.29, 0.717) is 4.48 Å². The summed E-state index contributed by atoms with van der Waals surface area (Å²) >= 11 is 0. The van der Waals surface area contributed by atoms with Crippen LogP contribution in [0.5, 0.6) is 0 Å². The predicted molar refractivity (Wildman–Crippen MR) is 55.1 cm³/mol. The van der Waals surface area contributed by atoms with Crippen molar-refractivity contribution in [2.45, 2.75) is 19.4 Å². The summed E-state index contributed by atoms with van der Waals surface area (Å²) in [7, 11) is 1.28. The molecule has 0 saturated carbocycles. The Hall–Kier alpha value is 0.360. The van der Waals surface area contributed by atoms with E-state index in [0.717, 1.165) is 6.42 Å². The summed E-state index contributed by atoms with van der Waals surface area (Å²) in [6.07, 6.45) is 0.795. The van der Waals surface area contributed by atoms with Crippen LogP contribution in [0.4, 0.5) is 0 Å². The Kier molecular flexibility index (Phi) is 7.26. The van der Waals surface area contributed by atoms with Crippen LogP contribution in [0.1, 0.15) is 13.3 Å². The fraction of sp³-hybridized carbons (Fsp3) is 1.00. The zero-order valence-electron chi connectivity index (χ0n) is 8.97. The first-order chi connectivity index (χ1) is 5.67. The molecule has 0 aromatic carbocycles. The zero-order valence-corrected chi connectivity index (χ0v) is 10.7. The van der Waals surface area contributed by atoms with Gasteiger partial charge < -0.3 is 18.8 Å². The number of nitrogens with zero attached hydrogens (tertiary/aromatic N) is 1. The lowest BCUT2D eigenvalue weighted by molar-refractivity contribution is -0.896. The van der Waals surface area contributed by atoms with Crippen LogP contribution < -0.4 is 4.89 Å². The molecule has 0 radical (unpaired) electrons.